The molecule has 128 valence electrons. The summed E-state index contributed by atoms with van der Waals surface area (Å²) in [6, 6.07) is 8.19. The van der Waals surface area contributed by atoms with E-state index in [1.165, 1.54) is 17.3 Å². The van der Waals surface area contributed by atoms with Crippen LogP contribution in [0.4, 0.5) is 0 Å². The van der Waals surface area contributed by atoms with Crippen LogP contribution in [0.25, 0.3) is 0 Å². The summed E-state index contributed by atoms with van der Waals surface area (Å²) in [6.45, 7) is 9.77. The van der Waals surface area contributed by atoms with Crippen molar-refractivity contribution in [1.82, 2.24) is 0 Å². The first-order chi connectivity index (χ1) is 10.9. The lowest BCUT2D eigenvalue weighted by molar-refractivity contribution is -0.295. The van der Waals surface area contributed by atoms with Crippen LogP contribution in [0.2, 0.25) is 0 Å². The average molecular weight is 338 g/mol. The summed E-state index contributed by atoms with van der Waals surface area (Å²) in [5, 5.41) is 0. The van der Waals surface area contributed by atoms with E-state index in [9.17, 15) is 4.79 Å². The van der Waals surface area contributed by atoms with Crippen LogP contribution in [0.15, 0.2) is 24.3 Å². The van der Waals surface area contributed by atoms with Crippen molar-refractivity contribution < 1.29 is 19.0 Å². The Morgan fingerprint density at radius 3 is 2.39 bits per heavy atom. The number of thioether (sulfide) groups is 1. The molecule has 5 heteroatoms. The number of carbonyl (C=O) groups excluding carboxylic acids is 1. The monoisotopic (exact) mass is 338 g/mol. The van der Waals surface area contributed by atoms with E-state index in [0.717, 1.165) is 5.56 Å². The molecular formula is C18H26O4S. The summed E-state index contributed by atoms with van der Waals surface area (Å²) < 4.78 is 17.3. The summed E-state index contributed by atoms with van der Waals surface area (Å²) in [5.41, 5.74) is 2.19. The number of ether oxygens (including phenoxy) is 3. The quantitative estimate of drug-likeness (QED) is 0.743. The van der Waals surface area contributed by atoms with Crippen LogP contribution >= 0.6 is 11.8 Å². The summed E-state index contributed by atoms with van der Waals surface area (Å²) >= 11 is 1.48. The van der Waals surface area contributed by atoms with E-state index in [4.69, 9.17) is 14.2 Å². The Labute approximate surface area is 142 Å². The maximum atomic E-state index is 11.5. The predicted octanol–water partition coefficient (Wildman–Crippen LogP) is 3.52. The highest BCUT2D eigenvalue weighted by atomic mass is 32.2. The average Bonchev–Trinajstić information content (AvgIpc) is 2.50. The fourth-order valence-electron chi connectivity index (χ4n) is 2.32. The van der Waals surface area contributed by atoms with E-state index in [0.29, 0.717) is 31.3 Å². The van der Waals surface area contributed by atoms with Crippen molar-refractivity contribution in [3.8, 4) is 0 Å². The molecule has 23 heavy (non-hydrogen) atoms. The van der Waals surface area contributed by atoms with Gasteiger partial charge in [0.05, 0.1) is 31.3 Å². The van der Waals surface area contributed by atoms with Crippen LogP contribution < -0.4 is 0 Å². The summed E-state index contributed by atoms with van der Waals surface area (Å²) in [7, 11) is 0. The van der Waals surface area contributed by atoms with Gasteiger partial charge < -0.3 is 14.2 Å². The van der Waals surface area contributed by atoms with Crippen molar-refractivity contribution in [2.45, 2.75) is 33.5 Å². The maximum absolute atomic E-state index is 11.5. The largest absolute Gasteiger partial charge is 0.465 e. The molecule has 0 aliphatic carbocycles. The molecule has 0 unspecified atom stereocenters. The van der Waals surface area contributed by atoms with Crippen molar-refractivity contribution in [3.63, 3.8) is 0 Å². The van der Waals surface area contributed by atoms with Crippen LogP contribution in [0, 0.1) is 12.3 Å². The smallest absolute Gasteiger partial charge is 0.315 e. The minimum atomic E-state index is -0.791. The molecule has 0 atom stereocenters. The Morgan fingerprint density at radius 2 is 1.83 bits per heavy atom. The molecule has 1 aliphatic heterocycles. The highest BCUT2D eigenvalue weighted by Crippen LogP contribution is 2.39. The maximum Gasteiger partial charge on any atom is 0.315 e. The number of benzene rings is 1. The molecule has 4 nitrogen and oxygen atoms in total. The van der Waals surface area contributed by atoms with Gasteiger partial charge in [-0.15, -0.1) is 11.8 Å². The zero-order chi connectivity index (χ0) is 16.9. The third kappa shape index (κ3) is 4.96. The van der Waals surface area contributed by atoms with E-state index < -0.39 is 5.79 Å². The van der Waals surface area contributed by atoms with Gasteiger partial charge in [-0.2, -0.15) is 0 Å². The summed E-state index contributed by atoms with van der Waals surface area (Å²) in [5.74, 6) is -0.129. The number of esters is 1. The van der Waals surface area contributed by atoms with Gasteiger partial charge in [-0.05, 0) is 13.8 Å². The van der Waals surface area contributed by atoms with Crippen LogP contribution in [0.3, 0.4) is 0 Å². The van der Waals surface area contributed by atoms with Gasteiger partial charge in [-0.1, -0.05) is 43.7 Å². The molecule has 0 bridgehead atoms. The molecule has 0 saturated carbocycles. The van der Waals surface area contributed by atoms with E-state index in [1.54, 1.807) is 0 Å². The highest BCUT2D eigenvalue weighted by Gasteiger charge is 2.42. The molecular weight excluding hydrogens is 312 g/mol. The van der Waals surface area contributed by atoms with E-state index in [2.05, 4.69) is 32.9 Å². The van der Waals surface area contributed by atoms with Crippen molar-refractivity contribution in [3.05, 3.63) is 35.4 Å². The van der Waals surface area contributed by atoms with Gasteiger partial charge in [0.25, 0.3) is 0 Å². The molecule has 0 aromatic heterocycles. The van der Waals surface area contributed by atoms with Gasteiger partial charge in [0, 0.05) is 11.0 Å². The standard InChI is InChI=1S/C18H26O4S/c1-5-20-16(19)10-23-13-18(15-8-6-14(2)7-9-15)21-11-17(3,4)12-22-18/h6-9H,5,10-13H2,1-4H3. The zero-order valence-electron chi connectivity index (χ0n) is 14.4. The number of aryl methyl sites for hydroxylation is 1. The third-order valence-electron chi connectivity index (χ3n) is 3.70. The van der Waals surface area contributed by atoms with E-state index in [-0.39, 0.29) is 11.4 Å². The molecule has 0 N–H and O–H groups in total. The first kappa shape index (κ1) is 18.3. The fourth-order valence-corrected chi connectivity index (χ4v) is 3.27. The molecule has 1 aromatic carbocycles. The summed E-state index contributed by atoms with van der Waals surface area (Å²) in [6.07, 6.45) is 0. The topological polar surface area (TPSA) is 44.8 Å². The predicted molar refractivity (Wildman–Crippen MR) is 92.5 cm³/mol. The minimum Gasteiger partial charge on any atom is -0.465 e. The highest BCUT2D eigenvalue weighted by molar-refractivity contribution is 7.99. The molecule has 1 heterocycles. The molecule has 0 radical (unpaired) electrons. The Hall–Kier alpha value is -1.04. The molecule has 1 fully saturated rings. The number of rotatable bonds is 6. The van der Waals surface area contributed by atoms with Crippen molar-refractivity contribution >= 4 is 17.7 Å². The van der Waals surface area contributed by atoms with Gasteiger partial charge >= 0.3 is 5.97 Å². The Kier molecular flexibility index (Phi) is 6.12. The molecule has 0 amide bonds. The lowest BCUT2D eigenvalue weighted by atomic mass is 9.93. The minimum absolute atomic E-state index is 0.00000481. The summed E-state index contributed by atoms with van der Waals surface area (Å²) in [4.78, 5) is 11.5. The fraction of sp³-hybridized carbons (Fsp3) is 0.611. The first-order valence-corrected chi connectivity index (χ1v) is 9.11. The Morgan fingerprint density at radius 1 is 1.22 bits per heavy atom. The lowest BCUT2D eigenvalue weighted by Gasteiger charge is -2.43. The Balaban J connectivity index is 2.09. The van der Waals surface area contributed by atoms with Crippen molar-refractivity contribution in [1.29, 1.82) is 0 Å². The number of hydrogen-bond donors (Lipinski definition) is 0. The molecule has 1 aliphatic rings. The van der Waals surface area contributed by atoms with Gasteiger partial charge in [-0.3, -0.25) is 4.79 Å². The molecule has 0 spiro atoms. The molecule has 1 aromatic rings. The number of carbonyl (C=O) groups is 1. The van der Waals surface area contributed by atoms with Gasteiger partial charge in [-0.25, -0.2) is 0 Å². The van der Waals surface area contributed by atoms with Crippen LogP contribution in [0.5, 0.6) is 0 Å². The third-order valence-corrected chi connectivity index (χ3v) is 4.72. The van der Waals surface area contributed by atoms with Crippen molar-refractivity contribution in [2.75, 3.05) is 31.3 Å². The Bertz CT molecular complexity index is 514. The first-order valence-electron chi connectivity index (χ1n) is 7.95. The van der Waals surface area contributed by atoms with E-state index in [1.807, 2.05) is 19.1 Å². The molecule has 1 saturated heterocycles. The lowest BCUT2D eigenvalue weighted by Crippen LogP contribution is -2.47. The second kappa shape index (κ2) is 7.69. The second-order valence-corrected chi connectivity index (χ2v) is 7.64. The van der Waals surface area contributed by atoms with Crippen LogP contribution in [-0.4, -0.2) is 37.3 Å². The van der Waals surface area contributed by atoms with E-state index >= 15 is 0 Å². The van der Waals surface area contributed by atoms with Crippen molar-refractivity contribution in [2.24, 2.45) is 5.41 Å². The van der Waals surface area contributed by atoms with Crippen LogP contribution in [0.1, 0.15) is 31.9 Å². The number of hydrogen-bond acceptors (Lipinski definition) is 5. The van der Waals surface area contributed by atoms with Gasteiger partial charge in [0.1, 0.15) is 0 Å². The molecule has 2 rings (SSSR count). The van der Waals surface area contributed by atoms with Gasteiger partial charge in [0.2, 0.25) is 5.79 Å². The zero-order valence-corrected chi connectivity index (χ0v) is 15.2. The van der Waals surface area contributed by atoms with Gasteiger partial charge in [0.15, 0.2) is 0 Å². The van der Waals surface area contributed by atoms with Crippen LogP contribution in [-0.2, 0) is 24.8 Å². The second-order valence-electron chi connectivity index (χ2n) is 6.66. The normalized spacial score (nSPS) is 19.3. The SMILES string of the molecule is CCOC(=O)CSCC1(c2ccc(C)cc2)OCC(C)(C)CO1.